The van der Waals surface area contributed by atoms with Crippen LogP contribution >= 0.6 is 23.4 Å². The van der Waals surface area contributed by atoms with Crippen LogP contribution < -0.4 is 10.6 Å². The number of hydrogen-bond donors (Lipinski definition) is 2. The number of halogens is 1. The highest BCUT2D eigenvalue weighted by molar-refractivity contribution is 7.98. The van der Waals surface area contributed by atoms with Crippen LogP contribution in [0.2, 0.25) is 5.02 Å². The summed E-state index contributed by atoms with van der Waals surface area (Å²) in [5.41, 5.74) is 3.89. The number of aryl methyl sites for hydroxylation is 2. The van der Waals surface area contributed by atoms with E-state index in [4.69, 9.17) is 11.6 Å². The van der Waals surface area contributed by atoms with Crippen molar-refractivity contribution in [3.8, 4) is 0 Å². The van der Waals surface area contributed by atoms with E-state index >= 15 is 0 Å². The number of rotatable bonds is 6. The number of anilines is 2. The Morgan fingerprint density at radius 1 is 1.15 bits per heavy atom. The first-order valence-corrected chi connectivity index (χ1v) is 9.65. The van der Waals surface area contributed by atoms with Crippen molar-refractivity contribution in [2.45, 2.75) is 38.8 Å². The summed E-state index contributed by atoms with van der Waals surface area (Å²) in [6, 6.07) is 4.96. The van der Waals surface area contributed by atoms with Crippen LogP contribution in [0.15, 0.2) is 23.4 Å². The molecule has 0 spiro atoms. The Balaban J connectivity index is 1.99. The molecule has 138 valence electrons. The molecule has 1 aromatic heterocycles. The van der Waals surface area contributed by atoms with E-state index in [2.05, 4.69) is 20.6 Å². The number of nitrogens with one attached hydrogen (secondary N) is 2. The maximum absolute atomic E-state index is 12.2. The second-order valence-electron chi connectivity index (χ2n) is 5.78. The van der Waals surface area contributed by atoms with Crippen molar-refractivity contribution in [3.05, 3.63) is 40.2 Å². The first kappa shape index (κ1) is 20.2. The van der Waals surface area contributed by atoms with Gasteiger partial charge in [0, 0.05) is 30.4 Å². The molecule has 0 aliphatic rings. The lowest BCUT2D eigenvalue weighted by molar-refractivity contribution is -0.116. The normalized spacial score (nSPS) is 10.5. The molecule has 1 aromatic carbocycles. The molecule has 0 aliphatic heterocycles. The van der Waals surface area contributed by atoms with Crippen molar-refractivity contribution in [3.63, 3.8) is 0 Å². The first-order chi connectivity index (χ1) is 12.3. The van der Waals surface area contributed by atoms with Crippen molar-refractivity contribution in [1.29, 1.82) is 0 Å². The smallest absolute Gasteiger partial charge is 0.224 e. The Morgan fingerprint density at radius 2 is 1.81 bits per heavy atom. The minimum Gasteiger partial charge on any atom is -0.326 e. The highest BCUT2D eigenvalue weighted by Gasteiger charge is 2.11. The summed E-state index contributed by atoms with van der Waals surface area (Å²) in [5, 5.41) is 6.54. The molecular formula is C18H21ClN4O2S. The van der Waals surface area contributed by atoms with E-state index in [1.54, 1.807) is 18.2 Å². The lowest BCUT2D eigenvalue weighted by Crippen LogP contribution is -2.14. The zero-order valence-electron chi connectivity index (χ0n) is 15.1. The number of nitrogens with zero attached hydrogens (tertiary/aromatic N) is 2. The van der Waals surface area contributed by atoms with Gasteiger partial charge in [-0.15, -0.1) is 0 Å². The Morgan fingerprint density at radius 3 is 2.35 bits per heavy atom. The van der Waals surface area contributed by atoms with Gasteiger partial charge in [0.25, 0.3) is 0 Å². The van der Waals surface area contributed by atoms with E-state index in [1.165, 1.54) is 18.7 Å². The number of carbonyl (C=O) groups excluding carboxylic acids is 2. The van der Waals surface area contributed by atoms with Gasteiger partial charge in [-0.05, 0) is 50.3 Å². The topological polar surface area (TPSA) is 84.0 Å². The fourth-order valence-electron chi connectivity index (χ4n) is 2.51. The predicted molar refractivity (Wildman–Crippen MR) is 106 cm³/mol. The van der Waals surface area contributed by atoms with Crippen molar-refractivity contribution < 1.29 is 9.59 Å². The van der Waals surface area contributed by atoms with Crippen LogP contribution in [0.3, 0.4) is 0 Å². The summed E-state index contributed by atoms with van der Waals surface area (Å²) in [4.78, 5) is 32.2. The van der Waals surface area contributed by atoms with Gasteiger partial charge in [-0.3, -0.25) is 9.59 Å². The average Bonchev–Trinajstić information content (AvgIpc) is 2.56. The highest BCUT2D eigenvalue weighted by Crippen LogP contribution is 2.25. The molecule has 0 aliphatic carbocycles. The Hall–Kier alpha value is -2.12. The number of benzene rings is 1. The Kier molecular flexibility index (Phi) is 6.99. The maximum Gasteiger partial charge on any atom is 0.224 e. The van der Waals surface area contributed by atoms with Gasteiger partial charge < -0.3 is 10.6 Å². The van der Waals surface area contributed by atoms with Gasteiger partial charge in [-0.2, -0.15) is 0 Å². The maximum atomic E-state index is 12.2. The van der Waals surface area contributed by atoms with Crippen molar-refractivity contribution in [2.75, 3.05) is 16.9 Å². The van der Waals surface area contributed by atoms with Gasteiger partial charge in [-0.25, -0.2) is 9.97 Å². The third-order valence-electron chi connectivity index (χ3n) is 3.75. The Labute approximate surface area is 162 Å². The van der Waals surface area contributed by atoms with Crippen LogP contribution in [0.5, 0.6) is 0 Å². The molecular weight excluding hydrogens is 372 g/mol. The summed E-state index contributed by atoms with van der Waals surface area (Å²) in [6.07, 6.45) is 2.81. The fourth-order valence-corrected chi connectivity index (χ4v) is 3.19. The van der Waals surface area contributed by atoms with Gasteiger partial charge in [0.05, 0.1) is 10.7 Å². The van der Waals surface area contributed by atoms with E-state index in [0.717, 1.165) is 22.1 Å². The largest absolute Gasteiger partial charge is 0.326 e. The van der Waals surface area contributed by atoms with Crippen LogP contribution in [0, 0.1) is 13.8 Å². The first-order valence-electron chi connectivity index (χ1n) is 8.05. The molecule has 2 aromatic rings. The molecule has 6 nitrogen and oxygen atoms in total. The molecule has 1 heterocycles. The third-order valence-corrected chi connectivity index (χ3v) is 4.61. The van der Waals surface area contributed by atoms with Crippen LogP contribution in [0.4, 0.5) is 11.4 Å². The molecule has 0 saturated heterocycles. The van der Waals surface area contributed by atoms with E-state index in [9.17, 15) is 9.59 Å². The van der Waals surface area contributed by atoms with Crippen LogP contribution in [0.25, 0.3) is 0 Å². The van der Waals surface area contributed by atoms with Crippen molar-refractivity contribution in [2.24, 2.45) is 0 Å². The van der Waals surface area contributed by atoms with Gasteiger partial charge in [-0.1, -0.05) is 23.4 Å². The van der Waals surface area contributed by atoms with Gasteiger partial charge in [0.2, 0.25) is 11.8 Å². The standard InChI is InChI=1S/C18H21ClN4O2S/c1-10-14(11(2)21-18(20-10)26-4)6-8-17(25)23-13-5-7-16(15(19)9-13)22-12(3)24/h5,7,9H,6,8H2,1-4H3,(H,22,24)(H,23,25). The number of amides is 2. The monoisotopic (exact) mass is 392 g/mol. The molecule has 8 heteroatoms. The highest BCUT2D eigenvalue weighted by atomic mass is 35.5. The molecule has 2 amide bonds. The molecule has 2 N–H and O–H groups in total. The van der Waals surface area contributed by atoms with Crippen molar-refractivity contribution >= 4 is 46.6 Å². The average molecular weight is 393 g/mol. The summed E-state index contributed by atoms with van der Waals surface area (Å²) in [7, 11) is 0. The molecule has 0 bridgehead atoms. The molecule has 2 rings (SSSR count). The molecule has 0 radical (unpaired) electrons. The number of aromatic nitrogens is 2. The number of hydrogen-bond acceptors (Lipinski definition) is 5. The third kappa shape index (κ3) is 5.44. The fraction of sp³-hybridized carbons (Fsp3) is 0.333. The van der Waals surface area contributed by atoms with Gasteiger partial charge in [0.15, 0.2) is 5.16 Å². The number of thioether (sulfide) groups is 1. The molecule has 0 fully saturated rings. The lowest BCUT2D eigenvalue weighted by Gasteiger charge is -2.11. The molecule has 0 atom stereocenters. The van der Waals surface area contributed by atoms with Crippen molar-refractivity contribution in [1.82, 2.24) is 9.97 Å². The van der Waals surface area contributed by atoms with Crippen LogP contribution in [-0.4, -0.2) is 28.0 Å². The second-order valence-corrected chi connectivity index (χ2v) is 6.96. The summed E-state index contributed by atoms with van der Waals surface area (Å²) in [5.74, 6) is -0.328. The van der Waals surface area contributed by atoms with Gasteiger partial charge in [0.1, 0.15) is 0 Å². The summed E-state index contributed by atoms with van der Waals surface area (Å²) in [6.45, 7) is 5.27. The predicted octanol–water partition coefficient (Wildman–Crippen LogP) is 4.00. The zero-order valence-corrected chi connectivity index (χ0v) is 16.7. The zero-order chi connectivity index (χ0) is 19.3. The minimum atomic E-state index is -0.205. The Bertz CT molecular complexity index is 819. The molecule has 26 heavy (non-hydrogen) atoms. The van der Waals surface area contributed by atoms with Crippen LogP contribution in [0.1, 0.15) is 30.3 Å². The molecule has 0 unspecified atom stereocenters. The number of carbonyl (C=O) groups is 2. The second kappa shape index (κ2) is 9.00. The minimum absolute atomic E-state index is 0.124. The van der Waals surface area contributed by atoms with E-state index in [1.807, 2.05) is 20.1 Å². The van der Waals surface area contributed by atoms with Gasteiger partial charge >= 0.3 is 0 Å². The van der Waals surface area contributed by atoms with E-state index in [-0.39, 0.29) is 11.8 Å². The summed E-state index contributed by atoms with van der Waals surface area (Å²) >= 11 is 7.61. The lowest BCUT2D eigenvalue weighted by atomic mass is 10.1. The van der Waals surface area contributed by atoms with Crippen LogP contribution in [-0.2, 0) is 16.0 Å². The SMILES string of the molecule is CSc1nc(C)c(CCC(=O)Nc2ccc(NC(C)=O)c(Cl)c2)c(C)n1. The van der Waals surface area contributed by atoms with E-state index in [0.29, 0.717) is 29.2 Å². The summed E-state index contributed by atoms with van der Waals surface area (Å²) < 4.78 is 0. The van der Waals surface area contributed by atoms with E-state index < -0.39 is 0 Å². The molecule has 0 saturated carbocycles. The quantitative estimate of drug-likeness (QED) is 0.573.